The van der Waals surface area contributed by atoms with Crippen molar-refractivity contribution in [2.75, 3.05) is 7.05 Å². The molecule has 5 heteroatoms. The van der Waals surface area contributed by atoms with Crippen molar-refractivity contribution in [1.29, 1.82) is 0 Å². The highest BCUT2D eigenvalue weighted by molar-refractivity contribution is 14.0. The maximum Gasteiger partial charge on any atom is 0.191 e. The van der Waals surface area contributed by atoms with Gasteiger partial charge in [0.25, 0.3) is 0 Å². The fraction of sp³-hybridized carbons (Fsp3) is 0.462. The van der Waals surface area contributed by atoms with Gasteiger partial charge in [-0.05, 0) is 31.0 Å². The number of benzene rings is 1. The number of hydrogen-bond donors (Lipinski definition) is 2. The van der Waals surface area contributed by atoms with E-state index in [1.807, 2.05) is 12.1 Å². The van der Waals surface area contributed by atoms with E-state index in [2.05, 4.69) is 57.5 Å². The molecule has 0 aliphatic carbocycles. The molecule has 0 heterocycles. The molecular formula is C13H21BrIN3. The van der Waals surface area contributed by atoms with Crippen LogP contribution in [0.1, 0.15) is 25.8 Å². The van der Waals surface area contributed by atoms with Gasteiger partial charge in [-0.25, -0.2) is 0 Å². The lowest BCUT2D eigenvalue weighted by Gasteiger charge is -2.16. The first-order valence-corrected chi connectivity index (χ1v) is 6.66. The van der Waals surface area contributed by atoms with Crippen LogP contribution >= 0.6 is 39.9 Å². The molecule has 3 nitrogen and oxygen atoms in total. The van der Waals surface area contributed by atoms with Crippen LogP contribution in [0.4, 0.5) is 0 Å². The van der Waals surface area contributed by atoms with Crippen LogP contribution in [0.3, 0.4) is 0 Å². The average molecular weight is 426 g/mol. The van der Waals surface area contributed by atoms with Crippen molar-refractivity contribution in [3.05, 3.63) is 34.3 Å². The Kier molecular flexibility index (Phi) is 9.45. The molecule has 102 valence electrons. The second-order valence-electron chi connectivity index (χ2n) is 4.01. The highest BCUT2D eigenvalue weighted by atomic mass is 127. The lowest BCUT2D eigenvalue weighted by Crippen LogP contribution is -2.41. The number of nitrogens with zero attached hydrogens (tertiary/aromatic N) is 1. The Hall–Kier alpha value is -0.300. The fourth-order valence-electron chi connectivity index (χ4n) is 1.32. The van der Waals surface area contributed by atoms with Gasteiger partial charge in [0, 0.05) is 24.1 Å². The van der Waals surface area contributed by atoms with Crippen LogP contribution in [-0.2, 0) is 6.54 Å². The van der Waals surface area contributed by atoms with E-state index in [1.54, 1.807) is 7.05 Å². The highest BCUT2D eigenvalue weighted by Gasteiger charge is 2.02. The van der Waals surface area contributed by atoms with E-state index in [4.69, 9.17) is 0 Å². The van der Waals surface area contributed by atoms with Crippen molar-refractivity contribution < 1.29 is 0 Å². The number of halogens is 2. The van der Waals surface area contributed by atoms with Gasteiger partial charge in [-0.2, -0.15) is 0 Å². The molecule has 0 fully saturated rings. The second-order valence-corrected chi connectivity index (χ2v) is 4.92. The maximum absolute atomic E-state index is 4.19. The van der Waals surface area contributed by atoms with E-state index in [-0.39, 0.29) is 24.0 Å². The van der Waals surface area contributed by atoms with E-state index < -0.39 is 0 Å². The lowest BCUT2D eigenvalue weighted by molar-refractivity contribution is 0.624. The molecule has 0 amide bonds. The molecule has 1 unspecified atom stereocenters. The lowest BCUT2D eigenvalue weighted by atomic mass is 10.2. The van der Waals surface area contributed by atoms with Gasteiger partial charge in [-0.3, -0.25) is 4.99 Å². The van der Waals surface area contributed by atoms with Gasteiger partial charge >= 0.3 is 0 Å². The van der Waals surface area contributed by atoms with Crippen molar-refractivity contribution in [1.82, 2.24) is 10.6 Å². The zero-order chi connectivity index (χ0) is 12.7. The summed E-state index contributed by atoms with van der Waals surface area (Å²) >= 11 is 3.42. The minimum Gasteiger partial charge on any atom is -0.354 e. The van der Waals surface area contributed by atoms with E-state index in [0.29, 0.717) is 6.04 Å². The third kappa shape index (κ3) is 6.58. The second kappa shape index (κ2) is 9.61. The molecule has 0 saturated heterocycles. The Bertz CT molecular complexity index is 365. The summed E-state index contributed by atoms with van der Waals surface area (Å²) in [7, 11) is 1.79. The van der Waals surface area contributed by atoms with Gasteiger partial charge in [0.1, 0.15) is 0 Å². The molecule has 1 aromatic rings. The van der Waals surface area contributed by atoms with Crippen LogP contribution in [-0.4, -0.2) is 19.0 Å². The normalized spacial score (nSPS) is 12.6. The minimum absolute atomic E-state index is 0. The van der Waals surface area contributed by atoms with E-state index >= 15 is 0 Å². The van der Waals surface area contributed by atoms with Crippen molar-refractivity contribution in [2.24, 2.45) is 4.99 Å². The molecule has 0 saturated carbocycles. The largest absolute Gasteiger partial charge is 0.354 e. The molecule has 1 rings (SSSR count). The number of aliphatic imine (C=N–C) groups is 1. The maximum atomic E-state index is 4.19. The number of hydrogen-bond acceptors (Lipinski definition) is 1. The van der Waals surface area contributed by atoms with Crippen molar-refractivity contribution in [2.45, 2.75) is 32.9 Å². The quantitative estimate of drug-likeness (QED) is 0.439. The van der Waals surface area contributed by atoms with Crippen LogP contribution < -0.4 is 10.6 Å². The van der Waals surface area contributed by atoms with E-state index in [0.717, 1.165) is 23.4 Å². The summed E-state index contributed by atoms with van der Waals surface area (Å²) in [5.74, 6) is 0.849. The van der Waals surface area contributed by atoms with Crippen LogP contribution in [0.5, 0.6) is 0 Å². The molecule has 1 atom stereocenters. The predicted molar refractivity (Wildman–Crippen MR) is 92.6 cm³/mol. The molecule has 0 aliphatic rings. The zero-order valence-electron chi connectivity index (χ0n) is 11.0. The minimum atomic E-state index is 0. The molecule has 0 spiro atoms. The summed E-state index contributed by atoms with van der Waals surface area (Å²) in [5.41, 5.74) is 1.24. The Morgan fingerprint density at radius 1 is 1.33 bits per heavy atom. The van der Waals surface area contributed by atoms with Gasteiger partial charge in [0.05, 0.1) is 0 Å². The van der Waals surface area contributed by atoms with Crippen molar-refractivity contribution in [3.63, 3.8) is 0 Å². The summed E-state index contributed by atoms with van der Waals surface area (Å²) < 4.78 is 1.10. The molecular weight excluding hydrogens is 405 g/mol. The average Bonchev–Trinajstić information content (AvgIpc) is 2.36. The summed E-state index contributed by atoms with van der Waals surface area (Å²) in [5, 5.41) is 6.62. The molecule has 0 aromatic heterocycles. The van der Waals surface area contributed by atoms with Crippen molar-refractivity contribution >= 4 is 45.9 Å². The number of guanidine groups is 1. The molecule has 0 bridgehead atoms. The third-order valence-corrected chi connectivity index (χ3v) is 3.12. The standard InChI is InChI=1S/C13H20BrN3.HI/c1-4-10(2)17-13(15-3)16-9-11-5-7-12(14)8-6-11;/h5-8,10H,4,9H2,1-3H3,(H2,15,16,17);1H. The summed E-state index contributed by atoms with van der Waals surface area (Å²) in [4.78, 5) is 4.19. The first kappa shape index (κ1) is 17.7. The fourth-order valence-corrected chi connectivity index (χ4v) is 1.58. The number of rotatable bonds is 4. The van der Waals surface area contributed by atoms with Crippen LogP contribution in [0.15, 0.2) is 33.7 Å². The van der Waals surface area contributed by atoms with E-state index in [1.165, 1.54) is 5.56 Å². The van der Waals surface area contributed by atoms with Gasteiger partial charge < -0.3 is 10.6 Å². The van der Waals surface area contributed by atoms with Gasteiger partial charge in [-0.1, -0.05) is 35.0 Å². The highest BCUT2D eigenvalue weighted by Crippen LogP contribution is 2.10. The number of nitrogens with one attached hydrogen (secondary N) is 2. The van der Waals surface area contributed by atoms with Crippen LogP contribution in [0.2, 0.25) is 0 Å². The summed E-state index contributed by atoms with van der Waals surface area (Å²) in [6.07, 6.45) is 1.08. The van der Waals surface area contributed by atoms with Crippen LogP contribution in [0, 0.1) is 0 Å². The predicted octanol–water partition coefficient (Wildman–Crippen LogP) is 3.53. The molecule has 2 N–H and O–H groups in total. The Labute approximate surface area is 135 Å². The Morgan fingerprint density at radius 2 is 1.94 bits per heavy atom. The van der Waals surface area contributed by atoms with Gasteiger partial charge in [0.2, 0.25) is 0 Å². The SMILES string of the molecule is CCC(C)NC(=NC)NCc1ccc(Br)cc1.I. The first-order chi connectivity index (χ1) is 8.15. The third-order valence-electron chi connectivity index (χ3n) is 2.59. The van der Waals surface area contributed by atoms with Crippen LogP contribution in [0.25, 0.3) is 0 Å². The molecule has 0 aliphatic heterocycles. The molecule has 1 aromatic carbocycles. The van der Waals surface area contributed by atoms with E-state index in [9.17, 15) is 0 Å². The topological polar surface area (TPSA) is 36.4 Å². The Morgan fingerprint density at radius 3 is 2.44 bits per heavy atom. The smallest absolute Gasteiger partial charge is 0.191 e. The zero-order valence-corrected chi connectivity index (χ0v) is 15.0. The van der Waals surface area contributed by atoms with Gasteiger partial charge in [0.15, 0.2) is 5.96 Å². The van der Waals surface area contributed by atoms with Gasteiger partial charge in [-0.15, -0.1) is 24.0 Å². The summed E-state index contributed by atoms with van der Waals surface area (Å²) in [6, 6.07) is 8.71. The summed E-state index contributed by atoms with van der Waals surface area (Å²) in [6.45, 7) is 5.08. The Balaban J connectivity index is 0.00000289. The first-order valence-electron chi connectivity index (χ1n) is 5.87. The molecule has 18 heavy (non-hydrogen) atoms. The monoisotopic (exact) mass is 425 g/mol. The molecule has 0 radical (unpaired) electrons. The van der Waals surface area contributed by atoms with Crippen molar-refractivity contribution in [3.8, 4) is 0 Å².